The van der Waals surface area contributed by atoms with E-state index in [2.05, 4.69) is 16.1 Å². The number of urea groups is 1. The minimum atomic E-state index is -0.281. The van der Waals surface area contributed by atoms with E-state index in [1.807, 2.05) is 43.6 Å². The van der Waals surface area contributed by atoms with Crippen molar-refractivity contribution < 1.29 is 9.59 Å². The van der Waals surface area contributed by atoms with Gasteiger partial charge in [0.1, 0.15) is 0 Å². The number of nitrogens with one attached hydrogen (secondary N) is 3. The zero-order chi connectivity index (χ0) is 14.5. The fourth-order valence-corrected chi connectivity index (χ4v) is 1.56. The van der Waals surface area contributed by atoms with Gasteiger partial charge in [-0.25, -0.2) is 4.79 Å². The number of benzene rings is 1. The molecule has 0 saturated heterocycles. The average Bonchev–Trinajstić information content (AvgIpc) is 2.29. The first-order valence-corrected chi connectivity index (χ1v) is 6.63. The number of hydrogen-bond donors (Lipinski definition) is 3. The van der Waals surface area contributed by atoms with Crippen molar-refractivity contribution in [1.82, 2.24) is 8.54 Å². The Morgan fingerprint density at radius 1 is 1.21 bits per heavy atom. The predicted octanol–water partition coefficient (Wildman–Crippen LogP) is 2.74. The van der Waals surface area contributed by atoms with Crippen LogP contribution >= 0.6 is 22.9 Å². The van der Waals surface area contributed by atoms with Crippen LogP contribution in [0.1, 0.15) is 20.8 Å². The first-order valence-electron chi connectivity index (χ1n) is 5.66. The molecule has 0 aromatic heterocycles. The van der Waals surface area contributed by atoms with Crippen molar-refractivity contribution in [3.8, 4) is 0 Å². The number of anilines is 2. The maximum atomic E-state index is 11.6. The summed E-state index contributed by atoms with van der Waals surface area (Å²) in [5.41, 5.74) is 3.99. The summed E-state index contributed by atoms with van der Waals surface area (Å²) in [6.45, 7) is 5.73. The van der Waals surface area contributed by atoms with Crippen LogP contribution in [0.3, 0.4) is 0 Å². The highest BCUT2D eigenvalue weighted by atomic mass is 127. The maximum Gasteiger partial charge on any atom is 0.319 e. The van der Waals surface area contributed by atoms with Gasteiger partial charge >= 0.3 is 6.03 Å². The van der Waals surface area contributed by atoms with Crippen LogP contribution in [0.25, 0.3) is 0 Å². The Balaban J connectivity index is 2.57. The van der Waals surface area contributed by atoms with Crippen LogP contribution in [0.5, 0.6) is 0 Å². The second kappa shape index (κ2) is 6.60. The molecule has 19 heavy (non-hydrogen) atoms. The molecule has 0 aliphatic heterocycles. The van der Waals surface area contributed by atoms with E-state index in [0.29, 0.717) is 12.1 Å². The standard InChI is InChI=1S/C12H17IN4O2/c1-12(2,3)15-11(19)14-9-4-6-10(7-5-9)16-17(13)8-18/h4-8,16H,1-3H3,(H2,14,15,19). The van der Waals surface area contributed by atoms with E-state index in [1.54, 1.807) is 24.3 Å². The van der Waals surface area contributed by atoms with Gasteiger partial charge in [0.2, 0.25) is 6.41 Å². The van der Waals surface area contributed by atoms with Crippen molar-refractivity contribution >= 4 is 46.7 Å². The van der Waals surface area contributed by atoms with E-state index in [4.69, 9.17) is 0 Å². The van der Waals surface area contributed by atoms with E-state index in [1.165, 1.54) is 3.22 Å². The lowest BCUT2D eigenvalue weighted by Gasteiger charge is -2.20. The normalized spacial score (nSPS) is 10.5. The predicted molar refractivity (Wildman–Crippen MR) is 83.9 cm³/mol. The molecule has 104 valence electrons. The summed E-state index contributed by atoms with van der Waals surface area (Å²) in [4.78, 5) is 22.1. The van der Waals surface area contributed by atoms with Gasteiger partial charge in [0, 0.05) is 11.2 Å². The highest BCUT2D eigenvalue weighted by Gasteiger charge is 2.13. The highest BCUT2D eigenvalue weighted by Crippen LogP contribution is 2.15. The molecule has 0 radical (unpaired) electrons. The van der Waals surface area contributed by atoms with Crippen molar-refractivity contribution in [2.45, 2.75) is 26.3 Å². The van der Waals surface area contributed by atoms with Gasteiger partial charge in [-0.3, -0.25) is 10.2 Å². The monoisotopic (exact) mass is 376 g/mol. The summed E-state index contributed by atoms with van der Waals surface area (Å²) < 4.78 is 1.27. The molecule has 0 atom stereocenters. The van der Waals surface area contributed by atoms with Gasteiger partial charge in [-0.15, -0.1) is 0 Å². The Kier molecular flexibility index (Phi) is 5.40. The zero-order valence-corrected chi connectivity index (χ0v) is 13.2. The highest BCUT2D eigenvalue weighted by molar-refractivity contribution is 14.1. The molecule has 3 N–H and O–H groups in total. The lowest BCUT2D eigenvalue weighted by Crippen LogP contribution is -2.43. The molecule has 1 aromatic carbocycles. The number of rotatable bonds is 4. The number of hydrazine groups is 1. The molecule has 0 heterocycles. The Morgan fingerprint density at radius 3 is 2.21 bits per heavy atom. The van der Waals surface area contributed by atoms with Crippen LogP contribution in [0.4, 0.5) is 16.2 Å². The summed E-state index contributed by atoms with van der Waals surface area (Å²) in [7, 11) is 0. The molecule has 0 unspecified atom stereocenters. The molecule has 1 rings (SSSR count). The fraction of sp³-hybridized carbons (Fsp3) is 0.333. The molecule has 7 heteroatoms. The van der Waals surface area contributed by atoms with E-state index >= 15 is 0 Å². The van der Waals surface area contributed by atoms with Crippen molar-refractivity contribution in [1.29, 1.82) is 0 Å². The average molecular weight is 376 g/mol. The molecule has 0 bridgehead atoms. The molecular formula is C12H17IN4O2. The van der Waals surface area contributed by atoms with E-state index < -0.39 is 0 Å². The van der Waals surface area contributed by atoms with Crippen LogP contribution < -0.4 is 16.1 Å². The topological polar surface area (TPSA) is 73.5 Å². The van der Waals surface area contributed by atoms with Gasteiger partial charge in [-0.2, -0.15) is 3.22 Å². The molecule has 0 spiro atoms. The molecule has 0 aliphatic carbocycles. The maximum absolute atomic E-state index is 11.6. The number of nitrogens with zero attached hydrogens (tertiary/aromatic N) is 1. The molecule has 0 aliphatic rings. The Hall–Kier alpha value is -1.51. The third-order valence-electron chi connectivity index (χ3n) is 1.96. The molecule has 0 saturated carbocycles. The van der Waals surface area contributed by atoms with Gasteiger partial charge in [0.15, 0.2) is 0 Å². The summed E-state index contributed by atoms with van der Waals surface area (Å²) in [5, 5.41) is 5.53. The van der Waals surface area contributed by atoms with Crippen LogP contribution in [-0.2, 0) is 4.79 Å². The van der Waals surface area contributed by atoms with E-state index in [0.717, 1.165) is 5.69 Å². The number of carbonyl (C=O) groups is 2. The summed E-state index contributed by atoms with van der Waals surface area (Å²) >= 11 is 1.83. The van der Waals surface area contributed by atoms with Crippen LogP contribution in [0.2, 0.25) is 0 Å². The second-order valence-electron chi connectivity index (χ2n) is 4.93. The molecule has 3 amide bonds. The molecule has 0 fully saturated rings. The third-order valence-corrected chi connectivity index (χ3v) is 2.43. The van der Waals surface area contributed by atoms with Crippen LogP contribution in [0.15, 0.2) is 24.3 Å². The van der Waals surface area contributed by atoms with Crippen molar-refractivity contribution in [2.75, 3.05) is 10.7 Å². The first-order chi connectivity index (χ1) is 8.80. The lowest BCUT2D eigenvalue weighted by atomic mass is 10.1. The zero-order valence-electron chi connectivity index (χ0n) is 11.0. The lowest BCUT2D eigenvalue weighted by molar-refractivity contribution is -0.112. The van der Waals surface area contributed by atoms with Crippen LogP contribution in [0, 0.1) is 0 Å². The second-order valence-corrected chi connectivity index (χ2v) is 5.97. The number of halogens is 1. The van der Waals surface area contributed by atoms with Gasteiger partial charge < -0.3 is 10.6 Å². The Labute approximate surface area is 126 Å². The molecule has 1 aromatic rings. The van der Waals surface area contributed by atoms with Crippen molar-refractivity contribution in [2.24, 2.45) is 0 Å². The van der Waals surface area contributed by atoms with Gasteiger partial charge in [-0.05, 0) is 45.0 Å². The summed E-state index contributed by atoms with van der Waals surface area (Å²) in [6.07, 6.45) is 0.656. The number of carbonyl (C=O) groups excluding carboxylic acids is 2. The largest absolute Gasteiger partial charge is 0.333 e. The van der Waals surface area contributed by atoms with E-state index in [9.17, 15) is 9.59 Å². The number of amides is 3. The molecular weight excluding hydrogens is 359 g/mol. The first kappa shape index (κ1) is 15.5. The van der Waals surface area contributed by atoms with Gasteiger partial charge in [-0.1, -0.05) is 0 Å². The Morgan fingerprint density at radius 2 is 1.74 bits per heavy atom. The van der Waals surface area contributed by atoms with Gasteiger partial charge in [0.25, 0.3) is 0 Å². The van der Waals surface area contributed by atoms with Crippen molar-refractivity contribution in [3.63, 3.8) is 0 Å². The minimum absolute atomic E-state index is 0.253. The van der Waals surface area contributed by atoms with Gasteiger partial charge in [0.05, 0.1) is 28.6 Å². The SMILES string of the molecule is CC(C)(C)NC(=O)Nc1ccc(NN(I)C=O)cc1. The fourth-order valence-electron chi connectivity index (χ4n) is 1.28. The third kappa shape index (κ3) is 6.27. The van der Waals surface area contributed by atoms with E-state index in [-0.39, 0.29) is 11.6 Å². The smallest absolute Gasteiger partial charge is 0.319 e. The molecule has 6 nitrogen and oxygen atoms in total. The van der Waals surface area contributed by atoms with Crippen LogP contribution in [-0.4, -0.2) is 21.2 Å². The van der Waals surface area contributed by atoms with Crippen molar-refractivity contribution in [3.05, 3.63) is 24.3 Å². The minimum Gasteiger partial charge on any atom is -0.333 e. The Bertz CT molecular complexity index is 442. The quantitative estimate of drug-likeness (QED) is 0.328. The summed E-state index contributed by atoms with van der Waals surface area (Å²) in [6, 6.07) is 6.78. The number of hydrogen-bond acceptors (Lipinski definition) is 3. The summed E-state index contributed by atoms with van der Waals surface area (Å²) in [5.74, 6) is 0.